The summed E-state index contributed by atoms with van der Waals surface area (Å²) in [7, 11) is 0. The van der Waals surface area contributed by atoms with Gasteiger partial charge in [-0.25, -0.2) is 0 Å². The fraction of sp³-hybridized carbons (Fsp3) is 0.444. The molecule has 7 nitrogen and oxygen atoms in total. The summed E-state index contributed by atoms with van der Waals surface area (Å²) in [4.78, 5) is 26.3. The highest BCUT2D eigenvalue weighted by Gasteiger charge is 2.22. The summed E-state index contributed by atoms with van der Waals surface area (Å²) in [6.07, 6.45) is 3.56. The van der Waals surface area contributed by atoms with Gasteiger partial charge >= 0.3 is 0 Å². The summed E-state index contributed by atoms with van der Waals surface area (Å²) in [5, 5.41) is 11.3. The van der Waals surface area contributed by atoms with E-state index in [4.69, 9.17) is 0 Å². The molecule has 1 amide bonds. The smallest absolute Gasteiger partial charge is 0.251 e. The van der Waals surface area contributed by atoms with Crippen LogP contribution in [0.25, 0.3) is 0 Å². The van der Waals surface area contributed by atoms with Crippen molar-refractivity contribution in [2.75, 3.05) is 18.0 Å². The zero-order chi connectivity index (χ0) is 17.8. The van der Waals surface area contributed by atoms with Gasteiger partial charge in [-0.05, 0) is 50.5 Å². The molecular formula is C18H23N5O2. The second-order valence-corrected chi connectivity index (χ2v) is 6.56. The molecule has 0 saturated carbocycles. The van der Waals surface area contributed by atoms with Crippen LogP contribution in [0.2, 0.25) is 0 Å². The Bertz CT molecular complexity index is 800. The second kappa shape index (κ2) is 7.46. The van der Waals surface area contributed by atoms with Crippen molar-refractivity contribution in [3.63, 3.8) is 0 Å². The molecular weight excluding hydrogens is 318 g/mol. The number of amides is 1. The highest BCUT2D eigenvalue weighted by atomic mass is 16.2. The van der Waals surface area contributed by atoms with E-state index in [1.54, 1.807) is 6.20 Å². The lowest BCUT2D eigenvalue weighted by atomic mass is 10.1. The summed E-state index contributed by atoms with van der Waals surface area (Å²) >= 11 is 0. The molecule has 0 bridgehead atoms. The predicted octanol–water partition coefficient (Wildman–Crippen LogP) is 1.04. The van der Waals surface area contributed by atoms with Gasteiger partial charge in [-0.2, -0.15) is 5.10 Å². The minimum Gasteiger partial charge on any atom is -0.353 e. The molecule has 1 N–H and O–H groups in total. The maximum atomic E-state index is 12.3. The average Bonchev–Trinajstić information content (AvgIpc) is 2.58. The molecule has 132 valence electrons. The van der Waals surface area contributed by atoms with E-state index in [1.807, 2.05) is 32.0 Å². The van der Waals surface area contributed by atoms with Crippen molar-refractivity contribution >= 4 is 11.7 Å². The summed E-state index contributed by atoms with van der Waals surface area (Å²) in [6.45, 7) is 5.41. The third kappa shape index (κ3) is 4.43. The molecule has 1 aliphatic heterocycles. The molecule has 3 rings (SSSR count). The second-order valence-electron chi connectivity index (χ2n) is 6.56. The molecule has 1 unspecified atom stereocenters. The van der Waals surface area contributed by atoms with Crippen LogP contribution in [-0.2, 0) is 11.3 Å². The Hall–Kier alpha value is -2.70. The molecule has 3 heterocycles. The third-order valence-electron chi connectivity index (χ3n) is 4.36. The zero-order valence-corrected chi connectivity index (χ0v) is 14.6. The lowest BCUT2D eigenvalue weighted by Gasteiger charge is -2.33. The Morgan fingerprint density at radius 2 is 2.12 bits per heavy atom. The van der Waals surface area contributed by atoms with Gasteiger partial charge < -0.3 is 14.8 Å². The number of anilines is 1. The van der Waals surface area contributed by atoms with E-state index in [-0.39, 0.29) is 24.1 Å². The van der Waals surface area contributed by atoms with Crippen LogP contribution in [0.4, 0.5) is 5.82 Å². The van der Waals surface area contributed by atoms with Crippen molar-refractivity contribution in [3.05, 3.63) is 52.1 Å². The van der Waals surface area contributed by atoms with Crippen molar-refractivity contribution in [2.24, 2.45) is 0 Å². The van der Waals surface area contributed by atoms with Crippen LogP contribution in [-0.4, -0.2) is 39.8 Å². The molecule has 0 aliphatic carbocycles. The number of hydrogen-bond donors (Lipinski definition) is 1. The largest absolute Gasteiger partial charge is 0.353 e. The summed E-state index contributed by atoms with van der Waals surface area (Å²) in [6, 6.07) is 7.30. The monoisotopic (exact) mass is 341 g/mol. The van der Waals surface area contributed by atoms with Gasteiger partial charge in [0.15, 0.2) is 5.82 Å². The Labute approximate surface area is 146 Å². The Morgan fingerprint density at radius 1 is 1.28 bits per heavy atom. The number of piperidine rings is 1. The Balaban J connectivity index is 1.59. The Kier molecular flexibility index (Phi) is 5.11. The van der Waals surface area contributed by atoms with Gasteiger partial charge in [0.05, 0.1) is 5.69 Å². The minimum absolute atomic E-state index is 0.0416. The fourth-order valence-electron chi connectivity index (χ4n) is 3.03. The van der Waals surface area contributed by atoms with E-state index < -0.39 is 0 Å². The van der Waals surface area contributed by atoms with Gasteiger partial charge in [-0.15, -0.1) is 5.10 Å². The van der Waals surface area contributed by atoms with Crippen LogP contribution in [0, 0.1) is 13.8 Å². The summed E-state index contributed by atoms with van der Waals surface area (Å²) in [5.41, 5.74) is 1.62. The van der Waals surface area contributed by atoms with Gasteiger partial charge in [0.25, 0.3) is 5.56 Å². The van der Waals surface area contributed by atoms with Gasteiger partial charge in [0.1, 0.15) is 6.54 Å². The predicted molar refractivity (Wildman–Crippen MR) is 95.6 cm³/mol. The summed E-state index contributed by atoms with van der Waals surface area (Å²) in [5.74, 6) is 0.687. The Morgan fingerprint density at radius 3 is 2.84 bits per heavy atom. The van der Waals surface area contributed by atoms with Crippen molar-refractivity contribution in [3.8, 4) is 0 Å². The quantitative estimate of drug-likeness (QED) is 0.899. The molecule has 0 radical (unpaired) electrons. The van der Waals surface area contributed by atoms with Crippen molar-refractivity contribution in [1.82, 2.24) is 20.1 Å². The van der Waals surface area contributed by atoms with Gasteiger partial charge in [0, 0.05) is 31.4 Å². The van der Waals surface area contributed by atoms with E-state index >= 15 is 0 Å². The molecule has 1 saturated heterocycles. The molecule has 0 aromatic carbocycles. The highest BCUT2D eigenvalue weighted by Crippen LogP contribution is 2.17. The average molecular weight is 341 g/mol. The number of pyridine rings is 1. The molecule has 25 heavy (non-hydrogen) atoms. The third-order valence-corrected chi connectivity index (χ3v) is 4.36. The summed E-state index contributed by atoms with van der Waals surface area (Å²) < 4.78 is 1.42. The zero-order valence-electron chi connectivity index (χ0n) is 14.6. The number of hydrogen-bond acceptors (Lipinski definition) is 5. The van der Waals surface area contributed by atoms with Crippen LogP contribution in [0.15, 0.2) is 35.3 Å². The van der Waals surface area contributed by atoms with E-state index in [0.29, 0.717) is 6.54 Å². The molecule has 2 aromatic rings. The molecule has 2 aromatic heterocycles. The van der Waals surface area contributed by atoms with Crippen LogP contribution in [0.1, 0.15) is 24.1 Å². The molecule has 7 heteroatoms. The number of nitrogens with one attached hydrogen (secondary N) is 1. The lowest BCUT2D eigenvalue weighted by Crippen LogP contribution is -2.49. The normalized spacial score (nSPS) is 17.4. The number of carbonyl (C=O) groups is 1. The van der Waals surface area contributed by atoms with Gasteiger partial charge in [0.2, 0.25) is 5.91 Å². The number of aryl methyl sites for hydroxylation is 2. The maximum absolute atomic E-state index is 12.3. The van der Waals surface area contributed by atoms with Crippen molar-refractivity contribution in [1.29, 1.82) is 0 Å². The SMILES string of the molecule is Cc1ccn(CC(=O)NC2CCCN(c3ccc(C)nn3)C2)c(=O)c1. The minimum atomic E-state index is -0.157. The topological polar surface area (TPSA) is 80.1 Å². The first-order valence-electron chi connectivity index (χ1n) is 8.53. The number of carbonyl (C=O) groups excluding carboxylic acids is 1. The van der Waals surface area contributed by atoms with Crippen LogP contribution < -0.4 is 15.8 Å². The molecule has 1 fully saturated rings. The molecule has 1 aliphatic rings. The highest BCUT2D eigenvalue weighted by molar-refractivity contribution is 5.76. The fourth-order valence-corrected chi connectivity index (χ4v) is 3.03. The first-order valence-corrected chi connectivity index (χ1v) is 8.53. The number of aromatic nitrogens is 3. The lowest BCUT2D eigenvalue weighted by molar-refractivity contribution is -0.122. The van der Waals surface area contributed by atoms with Crippen LogP contribution in [0.5, 0.6) is 0 Å². The number of rotatable bonds is 4. The van der Waals surface area contributed by atoms with E-state index in [9.17, 15) is 9.59 Å². The van der Waals surface area contributed by atoms with Crippen LogP contribution >= 0.6 is 0 Å². The van der Waals surface area contributed by atoms with E-state index in [1.165, 1.54) is 10.6 Å². The first-order chi connectivity index (χ1) is 12.0. The van der Waals surface area contributed by atoms with Crippen molar-refractivity contribution < 1.29 is 4.79 Å². The first kappa shape index (κ1) is 17.1. The van der Waals surface area contributed by atoms with E-state index in [2.05, 4.69) is 20.4 Å². The molecule has 0 spiro atoms. The van der Waals surface area contributed by atoms with E-state index in [0.717, 1.165) is 36.5 Å². The van der Waals surface area contributed by atoms with Crippen molar-refractivity contribution in [2.45, 2.75) is 39.3 Å². The molecule has 1 atom stereocenters. The van der Waals surface area contributed by atoms with Gasteiger partial charge in [-0.3, -0.25) is 9.59 Å². The number of nitrogens with zero attached hydrogens (tertiary/aromatic N) is 4. The maximum Gasteiger partial charge on any atom is 0.251 e. The standard InChI is InChI=1S/C18H23N5O2/c1-13-7-9-23(18(25)10-13)12-17(24)19-15-4-3-8-22(11-15)16-6-5-14(2)20-21-16/h5-7,9-10,15H,3-4,8,11-12H2,1-2H3,(H,19,24). The van der Waals surface area contributed by atoms with Gasteiger partial charge in [-0.1, -0.05) is 0 Å². The van der Waals surface area contributed by atoms with Crippen LogP contribution in [0.3, 0.4) is 0 Å².